The van der Waals surface area contributed by atoms with Crippen molar-refractivity contribution >= 4 is 5.82 Å². The zero-order valence-corrected chi connectivity index (χ0v) is 11.9. The third kappa shape index (κ3) is 1.93. The number of nitrogens with two attached hydrogens (primary N) is 1. The summed E-state index contributed by atoms with van der Waals surface area (Å²) in [7, 11) is 0. The van der Waals surface area contributed by atoms with Crippen molar-refractivity contribution in [2.75, 3.05) is 5.73 Å². The average Bonchev–Trinajstić information content (AvgIpc) is 3.16. The molecule has 2 aromatic rings. The van der Waals surface area contributed by atoms with E-state index in [1.165, 1.54) is 35.4 Å². The van der Waals surface area contributed by atoms with E-state index in [1.54, 1.807) is 0 Å². The molecular formula is C16H21N3. The van der Waals surface area contributed by atoms with Crippen LogP contribution in [0.2, 0.25) is 0 Å². The molecule has 1 aromatic carbocycles. The topological polar surface area (TPSA) is 43.8 Å². The van der Waals surface area contributed by atoms with Gasteiger partial charge in [0.25, 0.3) is 0 Å². The Morgan fingerprint density at radius 2 is 1.89 bits per heavy atom. The number of nitrogens with zero attached hydrogens (tertiary/aromatic N) is 2. The molecule has 1 aliphatic carbocycles. The molecule has 3 rings (SSSR count). The van der Waals surface area contributed by atoms with Gasteiger partial charge < -0.3 is 10.3 Å². The number of aryl methyl sites for hydroxylation is 2. The van der Waals surface area contributed by atoms with E-state index in [2.05, 4.69) is 43.5 Å². The summed E-state index contributed by atoms with van der Waals surface area (Å²) in [5.41, 5.74) is 11.0. The van der Waals surface area contributed by atoms with E-state index in [1.807, 2.05) is 0 Å². The lowest BCUT2D eigenvalue weighted by molar-refractivity contribution is 0.708. The summed E-state index contributed by atoms with van der Waals surface area (Å²) in [5, 5.41) is 0. The molecule has 1 fully saturated rings. The number of benzene rings is 1. The van der Waals surface area contributed by atoms with Crippen molar-refractivity contribution in [1.29, 1.82) is 0 Å². The zero-order chi connectivity index (χ0) is 13.6. The fraction of sp³-hybridized carbons (Fsp3) is 0.438. The maximum Gasteiger partial charge on any atom is 0.131 e. The Labute approximate surface area is 114 Å². The van der Waals surface area contributed by atoms with Crippen molar-refractivity contribution in [1.82, 2.24) is 9.55 Å². The molecule has 0 radical (unpaired) electrons. The van der Waals surface area contributed by atoms with Gasteiger partial charge in [-0.25, -0.2) is 4.98 Å². The van der Waals surface area contributed by atoms with E-state index >= 15 is 0 Å². The number of hydrogen-bond donors (Lipinski definition) is 1. The Morgan fingerprint density at radius 1 is 1.26 bits per heavy atom. The van der Waals surface area contributed by atoms with Crippen LogP contribution in [0.3, 0.4) is 0 Å². The van der Waals surface area contributed by atoms with Crippen molar-refractivity contribution in [2.45, 2.75) is 46.1 Å². The van der Waals surface area contributed by atoms with Crippen molar-refractivity contribution < 1.29 is 0 Å². The smallest absolute Gasteiger partial charge is 0.131 e. The lowest BCUT2D eigenvalue weighted by atomic mass is 10.0. The van der Waals surface area contributed by atoms with Crippen molar-refractivity contribution in [3.05, 3.63) is 35.2 Å². The molecule has 1 saturated carbocycles. The van der Waals surface area contributed by atoms with Gasteiger partial charge in [0.2, 0.25) is 0 Å². The second kappa shape index (κ2) is 4.41. The Balaban J connectivity index is 2.20. The van der Waals surface area contributed by atoms with E-state index in [-0.39, 0.29) is 0 Å². The molecule has 19 heavy (non-hydrogen) atoms. The Bertz CT molecular complexity index is 601. The minimum absolute atomic E-state index is 0.625. The summed E-state index contributed by atoms with van der Waals surface area (Å²) in [6, 6.07) is 6.34. The van der Waals surface area contributed by atoms with Gasteiger partial charge in [0.1, 0.15) is 17.3 Å². The number of nitrogen functional groups attached to an aromatic ring is 1. The predicted octanol–water partition coefficient (Wildman–Crippen LogP) is 3.65. The van der Waals surface area contributed by atoms with Gasteiger partial charge in [-0.1, -0.05) is 18.2 Å². The van der Waals surface area contributed by atoms with E-state index in [4.69, 9.17) is 10.7 Å². The Morgan fingerprint density at radius 3 is 2.42 bits per heavy atom. The first-order valence-corrected chi connectivity index (χ1v) is 7.06. The van der Waals surface area contributed by atoms with E-state index in [9.17, 15) is 0 Å². The normalized spacial score (nSPS) is 14.9. The summed E-state index contributed by atoms with van der Waals surface area (Å²) in [6.45, 7) is 7.29. The summed E-state index contributed by atoms with van der Waals surface area (Å²) >= 11 is 0. The van der Waals surface area contributed by atoms with Crippen LogP contribution in [0.5, 0.6) is 0 Å². The molecule has 1 heterocycles. The monoisotopic (exact) mass is 255 g/mol. The molecule has 2 N–H and O–H groups in total. The molecule has 0 atom stereocenters. The van der Waals surface area contributed by atoms with E-state index < -0.39 is 0 Å². The fourth-order valence-electron chi connectivity index (χ4n) is 2.84. The quantitative estimate of drug-likeness (QED) is 0.909. The van der Waals surface area contributed by atoms with Crippen LogP contribution in [0.1, 0.15) is 42.6 Å². The fourth-order valence-corrected chi connectivity index (χ4v) is 2.84. The molecular weight excluding hydrogens is 234 g/mol. The third-order valence-corrected chi connectivity index (χ3v) is 4.01. The Kier molecular flexibility index (Phi) is 2.85. The first-order chi connectivity index (χ1) is 9.13. The van der Waals surface area contributed by atoms with Crippen molar-refractivity contribution in [3.8, 4) is 11.3 Å². The maximum absolute atomic E-state index is 6.35. The molecule has 3 nitrogen and oxygen atoms in total. The highest BCUT2D eigenvalue weighted by atomic mass is 15.1. The van der Waals surface area contributed by atoms with Gasteiger partial charge in [0.15, 0.2) is 0 Å². The van der Waals surface area contributed by atoms with Crippen LogP contribution in [-0.2, 0) is 6.54 Å². The largest absolute Gasteiger partial charge is 0.383 e. The van der Waals surface area contributed by atoms with E-state index in [0.717, 1.165) is 18.1 Å². The van der Waals surface area contributed by atoms with Crippen LogP contribution in [0.15, 0.2) is 18.2 Å². The highest BCUT2D eigenvalue weighted by molar-refractivity contribution is 5.76. The number of hydrogen-bond acceptors (Lipinski definition) is 2. The maximum atomic E-state index is 6.35. The first-order valence-electron chi connectivity index (χ1n) is 7.06. The van der Waals surface area contributed by atoms with Gasteiger partial charge in [-0.2, -0.15) is 0 Å². The van der Waals surface area contributed by atoms with Gasteiger partial charge in [-0.05, 0) is 44.7 Å². The number of imidazole rings is 1. The Hall–Kier alpha value is -1.77. The summed E-state index contributed by atoms with van der Waals surface area (Å²) in [6.07, 6.45) is 2.51. The molecule has 100 valence electrons. The highest BCUT2D eigenvalue weighted by Gasteiger charge is 2.31. The molecule has 0 amide bonds. The second-order valence-corrected chi connectivity index (χ2v) is 5.49. The summed E-state index contributed by atoms with van der Waals surface area (Å²) in [5.74, 6) is 2.62. The van der Waals surface area contributed by atoms with Crippen LogP contribution in [-0.4, -0.2) is 9.55 Å². The van der Waals surface area contributed by atoms with Crippen LogP contribution in [0.4, 0.5) is 5.82 Å². The standard InChI is InChI=1S/C16H21N3/c1-4-19-15(17)14(18-16(19)12-8-9-12)13-10(2)6-5-7-11(13)3/h5-7,12H,4,8-9,17H2,1-3H3. The molecule has 3 heteroatoms. The lowest BCUT2D eigenvalue weighted by Gasteiger charge is -2.09. The highest BCUT2D eigenvalue weighted by Crippen LogP contribution is 2.42. The van der Waals surface area contributed by atoms with Gasteiger partial charge in [-0.15, -0.1) is 0 Å². The molecule has 1 aliphatic rings. The SMILES string of the molecule is CCn1c(C2CC2)nc(-c2c(C)cccc2C)c1N. The number of rotatable bonds is 3. The van der Waals surface area contributed by atoms with Crippen LogP contribution in [0, 0.1) is 13.8 Å². The summed E-state index contributed by atoms with van der Waals surface area (Å²) < 4.78 is 2.18. The minimum Gasteiger partial charge on any atom is -0.383 e. The molecule has 0 aliphatic heterocycles. The minimum atomic E-state index is 0.625. The molecule has 0 spiro atoms. The zero-order valence-electron chi connectivity index (χ0n) is 11.9. The average molecular weight is 255 g/mol. The van der Waals surface area contributed by atoms with Gasteiger partial charge in [0, 0.05) is 18.0 Å². The van der Waals surface area contributed by atoms with E-state index in [0.29, 0.717) is 5.92 Å². The van der Waals surface area contributed by atoms with Gasteiger partial charge >= 0.3 is 0 Å². The van der Waals surface area contributed by atoms with Gasteiger partial charge in [-0.3, -0.25) is 0 Å². The molecule has 0 saturated heterocycles. The van der Waals surface area contributed by atoms with Crippen LogP contribution >= 0.6 is 0 Å². The van der Waals surface area contributed by atoms with Crippen molar-refractivity contribution in [3.63, 3.8) is 0 Å². The number of aromatic nitrogens is 2. The van der Waals surface area contributed by atoms with Crippen molar-refractivity contribution in [2.24, 2.45) is 0 Å². The third-order valence-electron chi connectivity index (χ3n) is 4.01. The molecule has 0 unspecified atom stereocenters. The first kappa shape index (κ1) is 12.3. The predicted molar refractivity (Wildman–Crippen MR) is 79.2 cm³/mol. The molecule has 0 bridgehead atoms. The lowest BCUT2D eigenvalue weighted by Crippen LogP contribution is -2.04. The number of anilines is 1. The summed E-state index contributed by atoms with van der Waals surface area (Å²) in [4.78, 5) is 4.87. The van der Waals surface area contributed by atoms with Crippen LogP contribution in [0.25, 0.3) is 11.3 Å². The molecule has 1 aromatic heterocycles. The van der Waals surface area contributed by atoms with Crippen LogP contribution < -0.4 is 5.73 Å². The van der Waals surface area contributed by atoms with Gasteiger partial charge in [0.05, 0.1) is 0 Å². The second-order valence-electron chi connectivity index (χ2n) is 5.49.